The van der Waals surface area contributed by atoms with Crippen LogP contribution in [0.4, 0.5) is 0 Å². The Morgan fingerprint density at radius 1 is 1.54 bits per heavy atom. The number of hydrogen-bond donors (Lipinski definition) is 2. The van der Waals surface area contributed by atoms with Gasteiger partial charge >= 0.3 is 0 Å². The zero-order chi connectivity index (χ0) is 9.84. The Hall–Kier alpha value is -0.410. The van der Waals surface area contributed by atoms with E-state index < -0.39 is 0 Å². The number of hydrogen-bond acceptors (Lipinski definition) is 2. The van der Waals surface area contributed by atoms with E-state index in [1.165, 1.54) is 4.90 Å². The molecule has 0 spiro atoms. The summed E-state index contributed by atoms with van der Waals surface area (Å²) in [4.78, 5) is 12.8. The summed E-state index contributed by atoms with van der Waals surface area (Å²) < 4.78 is 0. The standard InChI is InChI=1S/C10H19NO2/c1-8-9(2)11(5-3-7-12)6-4-10(8)13/h8-9,12H,3-7H2,1-2H3/p+1/t8-,9-/m1/s1. The van der Waals surface area contributed by atoms with Crippen LogP contribution in [0.3, 0.4) is 0 Å². The van der Waals surface area contributed by atoms with Gasteiger partial charge in [-0.05, 0) is 13.8 Å². The first-order chi connectivity index (χ1) is 6.16. The van der Waals surface area contributed by atoms with E-state index in [0.717, 1.165) is 19.5 Å². The number of likely N-dealkylation sites (tertiary alicyclic amines) is 1. The fraction of sp³-hybridized carbons (Fsp3) is 0.900. The van der Waals surface area contributed by atoms with Crippen molar-refractivity contribution in [1.29, 1.82) is 0 Å². The van der Waals surface area contributed by atoms with Crippen LogP contribution in [0, 0.1) is 5.92 Å². The van der Waals surface area contributed by atoms with Gasteiger partial charge in [0.2, 0.25) is 0 Å². The molecule has 3 atom stereocenters. The van der Waals surface area contributed by atoms with Crippen molar-refractivity contribution in [3.05, 3.63) is 0 Å². The molecule has 76 valence electrons. The van der Waals surface area contributed by atoms with Crippen LogP contribution in [-0.4, -0.2) is 36.6 Å². The average Bonchev–Trinajstić information content (AvgIpc) is 2.13. The average molecular weight is 186 g/mol. The number of aliphatic hydroxyl groups excluding tert-OH is 1. The van der Waals surface area contributed by atoms with Gasteiger partial charge in [-0.3, -0.25) is 4.79 Å². The Morgan fingerprint density at radius 3 is 2.85 bits per heavy atom. The maximum Gasteiger partial charge on any atom is 0.147 e. The Balaban J connectivity index is 2.44. The molecular weight excluding hydrogens is 166 g/mol. The molecule has 0 bridgehead atoms. The maximum absolute atomic E-state index is 11.4. The van der Waals surface area contributed by atoms with E-state index in [1.54, 1.807) is 0 Å². The molecule has 1 saturated heterocycles. The summed E-state index contributed by atoms with van der Waals surface area (Å²) >= 11 is 0. The first kappa shape index (κ1) is 10.7. The van der Waals surface area contributed by atoms with Crippen molar-refractivity contribution in [3.8, 4) is 0 Å². The van der Waals surface area contributed by atoms with Crippen molar-refractivity contribution in [2.24, 2.45) is 5.92 Å². The van der Waals surface area contributed by atoms with Crippen LogP contribution in [0.15, 0.2) is 0 Å². The fourth-order valence-electron chi connectivity index (χ4n) is 2.03. The molecule has 3 nitrogen and oxygen atoms in total. The van der Waals surface area contributed by atoms with Crippen LogP contribution in [0.5, 0.6) is 0 Å². The predicted octanol–water partition coefficient (Wildman–Crippen LogP) is -0.749. The minimum Gasteiger partial charge on any atom is -0.396 e. The van der Waals surface area contributed by atoms with Gasteiger partial charge in [0.15, 0.2) is 0 Å². The molecule has 0 aromatic heterocycles. The third-order valence-corrected chi connectivity index (χ3v) is 3.25. The van der Waals surface area contributed by atoms with Gasteiger partial charge < -0.3 is 10.0 Å². The molecule has 1 unspecified atom stereocenters. The van der Waals surface area contributed by atoms with Crippen molar-refractivity contribution in [2.45, 2.75) is 32.7 Å². The molecular formula is C10H20NO2+. The SMILES string of the molecule is C[C@@H]1[C@@H](C)C(=O)CC[NH+]1CCCO. The number of aliphatic hydroxyl groups is 1. The van der Waals surface area contributed by atoms with E-state index in [-0.39, 0.29) is 12.5 Å². The number of piperidine rings is 1. The Kier molecular flexibility index (Phi) is 3.88. The van der Waals surface area contributed by atoms with Crippen LogP contribution in [0.25, 0.3) is 0 Å². The highest BCUT2D eigenvalue weighted by Crippen LogP contribution is 2.07. The summed E-state index contributed by atoms with van der Waals surface area (Å²) in [6, 6.07) is 0.424. The second kappa shape index (κ2) is 4.72. The lowest BCUT2D eigenvalue weighted by Gasteiger charge is -2.33. The molecule has 0 aromatic rings. The summed E-state index contributed by atoms with van der Waals surface area (Å²) in [7, 11) is 0. The number of Topliss-reactive ketones (excluding diaryl/α,β-unsaturated/α-hetero) is 1. The van der Waals surface area contributed by atoms with Crippen molar-refractivity contribution in [3.63, 3.8) is 0 Å². The molecule has 1 aliphatic rings. The zero-order valence-corrected chi connectivity index (χ0v) is 8.55. The van der Waals surface area contributed by atoms with Gasteiger partial charge in [-0.25, -0.2) is 0 Å². The molecule has 13 heavy (non-hydrogen) atoms. The summed E-state index contributed by atoms with van der Waals surface area (Å²) in [5.74, 6) is 0.600. The van der Waals surface area contributed by atoms with Gasteiger partial charge in [-0.1, -0.05) is 0 Å². The third-order valence-electron chi connectivity index (χ3n) is 3.25. The first-order valence-corrected chi connectivity index (χ1v) is 5.15. The second-order valence-corrected chi connectivity index (χ2v) is 4.03. The van der Waals surface area contributed by atoms with Crippen molar-refractivity contribution in [1.82, 2.24) is 0 Å². The molecule has 0 aliphatic carbocycles. The number of carbonyl (C=O) groups is 1. The Morgan fingerprint density at radius 2 is 2.23 bits per heavy atom. The Bertz CT molecular complexity index is 182. The number of nitrogens with one attached hydrogen (secondary N) is 1. The number of rotatable bonds is 3. The summed E-state index contributed by atoms with van der Waals surface area (Å²) in [5, 5.41) is 8.72. The minimum atomic E-state index is 0.197. The maximum atomic E-state index is 11.4. The van der Waals surface area contributed by atoms with E-state index in [0.29, 0.717) is 18.2 Å². The third kappa shape index (κ3) is 2.51. The highest BCUT2D eigenvalue weighted by atomic mass is 16.3. The van der Waals surface area contributed by atoms with Gasteiger partial charge in [0, 0.05) is 13.0 Å². The summed E-state index contributed by atoms with van der Waals surface area (Å²) in [5.41, 5.74) is 0. The summed E-state index contributed by atoms with van der Waals surface area (Å²) in [6.07, 6.45) is 1.56. The molecule has 0 aromatic carbocycles. The Labute approximate surface area is 79.7 Å². The number of ketones is 1. The zero-order valence-electron chi connectivity index (χ0n) is 8.55. The molecule has 0 radical (unpaired) electrons. The van der Waals surface area contributed by atoms with Crippen molar-refractivity contribution in [2.75, 3.05) is 19.7 Å². The van der Waals surface area contributed by atoms with Crippen LogP contribution in [0.1, 0.15) is 26.7 Å². The van der Waals surface area contributed by atoms with Crippen LogP contribution >= 0.6 is 0 Å². The highest BCUT2D eigenvalue weighted by Gasteiger charge is 2.33. The lowest BCUT2D eigenvalue weighted by molar-refractivity contribution is -0.928. The highest BCUT2D eigenvalue weighted by molar-refractivity contribution is 5.81. The molecule has 2 N–H and O–H groups in total. The van der Waals surface area contributed by atoms with Crippen LogP contribution in [0.2, 0.25) is 0 Å². The monoisotopic (exact) mass is 186 g/mol. The van der Waals surface area contributed by atoms with E-state index in [4.69, 9.17) is 5.11 Å². The number of quaternary nitrogens is 1. The van der Waals surface area contributed by atoms with E-state index in [9.17, 15) is 4.79 Å². The van der Waals surface area contributed by atoms with E-state index in [2.05, 4.69) is 6.92 Å². The summed E-state index contributed by atoms with van der Waals surface area (Å²) in [6.45, 7) is 6.36. The van der Waals surface area contributed by atoms with Gasteiger partial charge in [0.25, 0.3) is 0 Å². The molecule has 3 heteroatoms. The topological polar surface area (TPSA) is 41.7 Å². The minimum absolute atomic E-state index is 0.197. The van der Waals surface area contributed by atoms with Crippen molar-refractivity contribution < 1.29 is 14.8 Å². The molecule has 0 saturated carbocycles. The number of carbonyl (C=O) groups excluding carboxylic acids is 1. The molecule has 1 rings (SSSR count). The smallest absolute Gasteiger partial charge is 0.147 e. The van der Waals surface area contributed by atoms with Gasteiger partial charge in [0.05, 0.1) is 31.5 Å². The predicted molar refractivity (Wildman–Crippen MR) is 50.6 cm³/mol. The van der Waals surface area contributed by atoms with Crippen LogP contribution < -0.4 is 4.90 Å². The lowest BCUT2D eigenvalue weighted by atomic mass is 9.90. The second-order valence-electron chi connectivity index (χ2n) is 4.03. The normalized spacial score (nSPS) is 35.0. The molecule has 1 heterocycles. The van der Waals surface area contributed by atoms with Gasteiger partial charge in [0.1, 0.15) is 5.78 Å². The van der Waals surface area contributed by atoms with E-state index in [1.807, 2.05) is 6.92 Å². The van der Waals surface area contributed by atoms with Gasteiger partial charge in [-0.2, -0.15) is 0 Å². The molecule has 0 amide bonds. The van der Waals surface area contributed by atoms with E-state index >= 15 is 0 Å². The largest absolute Gasteiger partial charge is 0.396 e. The van der Waals surface area contributed by atoms with Crippen molar-refractivity contribution >= 4 is 5.78 Å². The lowest BCUT2D eigenvalue weighted by Crippen LogP contribution is -3.17. The quantitative estimate of drug-likeness (QED) is 0.609. The first-order valence-electron chi connectivity index (χ1n) is 5.15. The molecule has 1 fully saturated rings. The fourth-order valence-corrected chi connectivity index (χ4v) is 2.03. The molecule has 1 aliphatic heterocycles. The van der Waals surface area contributed by atoms with Crippen LogP contribution in [-0.2, 0) is 4.79 Å². The van der Waals surface area contributed by atoms with Gasteiger partial charge in [-0.15, -0.1) is 0 Å².